The number of piperazine rings is 1. The quantitative estimate of drug-likeness (QED) is 0.343. The molecule has 2 aliphatic heterocycles. The molecule has 0 radical (unpaired) electrons. The van der Waals surface area contributed by atoms with Gasteiger partial charge in [-0.2, -0.15) is 0 Å². The Balaban J connectivity index is 1.55. The van der Waals surface area contributed by atoms with Gasteiger partial charge in [0, 0.05) is 62.3 Å². The molecule has 0 spiro atoms. The Morgan fingerprint density at radius 3 is 2.68 bits per heavy atom. The Bertz CT molecular complexity index is 793. The maximum Gasteiger partial charge on any atom is 0.246 e. The molecule has 31 heavy (non-hydrogen) atoms. The molecule has 2 fully saturated rings. The minimum Gasteiger partial charge on any atom is -0.494 e. The summed E-state index contributed by atoms with van der Waals surface area (Å²) in [5.74, 6) is 0.419. The number of ketones is 1. The van der Waals surface area contributed by atoms with Crippen molar-refractivity contribution in [1.82, 2.24) is 14.7 Å². The van der Waals surface area contributed by atoms with Gasteiger partial charge in [0.1, 0.15) is 5.75 Å². The zero-order valence-corrected chi connectivity index (χ0v) is 19.5. The van der Waals surface area contributed by atoms with Crippen LogP contribution in [0.25, 0.3) is 0 Å². The molecule has 1 aromatic carbocycles. The molecule has 2 heterocycles. The Labute approximate surface area is 189 Å². The maximum absolute atomic E-state index is 12.7. The first kappa shape index (κ1) is 23.8. The maximum atomic E-state index is 12.7. The van der Waals surface area contributed by atoms with Crippen LogP contribution in [0.15, 0.2) is 35.2 Å². The van der Waals surface area contributed by atoms with Gasteiger partial charge in [0.05, 0.1) is 19.3 Å². The number of likely N-dealkylation sites (N-methyl/N-ethyl adjacent to an activating group) is 1. The second kappa shape index (κ2) is 11.7. The summed E-state index contributed by atoms with van der Waals surface area (Å²) in [5, 5.41) is 0. The van der Waals surface area contributed by atoms with Gasteiger partial charge in [0.25, 0.3) is 0 Å². The molecule has 2 aliphatic rings. The van der Waals surface area contributed by atoms with Crippen LogP contribution >= 0.6 is 11.8 Å². The molecule has 0 saturated carbocycles. The SMILES string of the molecule is CCOc1ccc(C(=O)C=CC(=O)N2CCOC(CN3CCN(C)CC3)C2)c(SC)c1. The number of thioether (sulfide) groups is 1. The van der Waals surface area contributed by atoms with E-state index >= 15 is 0 Å². The third kappa shape index (κ3) is 6.80. The van der Waals surface area contributed by atoms with E-state index in [4.69, 9.17) is 9.47 Å². The third-order valence-corrected chi connectivity index (χ3v) is 6.41. The summed E-state index contributed by atoms with van der Waals surface area (Å²) in [5.41, 5.74) is 0.579. The van der Waals surface area contributed by atoms with Gasteiger partial charge in [0.15, 0.2) is 5.78 Å². The van der Waals surface area contributed by atoms with Crippen LogP contribution in [0.4, 0.5) is 0 Å². The van der Waals surface area contributed by atoms with Crippen molar-refractivity contribution in [3.05, 3.63) is 35.9 Å². The van der Waals surface area contributed by atoms with Crippen LogP contribution in [0, 0.1) is 0 Å². The molecule has 1 amide bonds. The number of rotatable bonds is 8. The molecule has 0 aromatic heterocycles. The second-order valence-corrected chi connectivity index (χ2v) is 8.72. The normalized spacial score (nSPS) is 20.9. The molecule has 1 aromatic rings. The number of allylic oxidation sites excluding steroid dienone is 1. The topological polar surface area (TPSA) is 62.3 Å². The van der Waals surface area contributed by atoms with Crippen molar-refractivity contribution in [3.63, 3.8) is 0 Å². The Hall–Kier alpha value is -1.87. The molecule has 170 valence electrons. The summed E-state index contributed by atoms with van der Waals surface area (Å²) in [6.07, 6.45) is 4.70. The van der Waals surface area contributed by atoms with Gasteiger partial charge in [-0.05, 0) is 44.5 Å². The standard InChI is InChI=1S/C23H33N3O4S/c1-4-29-18-5-6-20(22(15-18)31-3)21(27)7-8-23(28)26-13-14-30-19(17-26)16-25-11-9-24(2)10-12-25/h5-8,15,19H,4,9-14,16-17H2,1-3H3. The van der Waals surface area contributed by atoms with Gasteiger partial charge >= 0.3 is 0 Å². The second-order valence-electron chi connectivity index (χ2n) is 7.87. The molecule has 0 N–H and O–H groups in total. The smallest absolute Gasteiger partial charge is 0.246 e. The van der Waals surface area contributed by atoms with Crippen molar-refractivity contribution in [2.75, 3.05) is 72.3 Å². The van der Waals surface area contributed by atoms with E-state index in [1.807, 2.05) is 19.2 Å². The molecule has 0 bridgehead atoms. The highest BCUT2D eigenvalue weighted by atomic mass is 32.2. The summed E-state index contributed by atoms with van der Waals surface area (Å²) in [7, 11) is 2.14. The lowest BCUT2D eigenvalue weighted by Crippen LogP contribution is -2.52. The minimum absolute atomic E-state index is 0.0133. The van der Waals surface area contributed by atoms with Gasteiger partial charge in [0.2, 0.25) is 5.91 Å². The summed E-state index contributed by atoms with van der Waals surface area (Å²) in [6, 6.07) is 5.41. The third-order valence-electron chi connectivity index (χ3n) is 5.63. The van der Waals surface area contributed by atoms with Crippen molar-refractivity contribution in [1.29, 1.82) is 0 Å². The van der Waals surface area contributed by atoms with E-state index in [1.165, 1.54) is 23.9 Å². The zero-order chi connectivity index (χ0) is 22.2. The first-order valence-electron chi connectivity index (χ1n) is 10.8. The number of hydrogen-bond acceptors (Lipinski definition) is 7. The Morgan fingerprint density at radius 2 is 1.97 bits per heavy atom. The first-order chi connectivity index (χ1) is 15.0. The summed E-state index contributed by atoms with van der Waals surface area (Å²) >= 11 is 1.49. The predicted octanol–water partition coefficient (Wildman–Crippen LogP) is 2.02. The fourth-order valence-electron chi connectivity index (χ4n) is 3.82. The van der Waals surface area contributed by atoms with E-state index < -0.39 is 0 Å². The number of carbonyl (C=O) groups excluding carboxylic acids is 2. The summed E-state index contributed by atoms with van der Waals surface area (Å²) in [6.45, 7) is 9.15. The number of amides is 1. The molecule has 3 rings (SSSR count). The van der Waals surface area contributed by atoms with Crippen LogP contribution in [-0.2, 0) is 9.53 Å². The molecule has 7 nitrogen and oxygen atoms in total. The molecule has 2 saturated heterocycles. The fraction of sp³-hybridized carbons (Fsp3) is 0.565. The molecule has 8 heteroatoms. The van der Waals surface area contributed by atoms with Crippen LogP contribution in [0.2, 0.25) is 0 Å². The number of hydrogen-bond donors (Lipinski definition) is 0. The van der Waals surface area contributed by atoms with Crippen molar-refractivity contribution < 1.29 is 19.1 Å². The molecule has 1 atom stereocenters. The van der Waals surface area contributed by atoms with Gasteiger partial charge < -0.3 is 19.3 Å². The Kier molecular flexibility index (Phi) is 8.95. The average Bonchev–Trinajstić information content (AvgIpc) is 2.79. The molecule has 0 aliphatic carbocycles. The van der Waals surface area contributed by atoms with E-state index in [0.717, 1.165) is 43.4 Å². The molecular formula is C23H33N3O4S. The predicted molar refractivity (Wildman–Crippen MR) is 123 cm³/mol. The van der Waals surface area contributed by atoms with Gasteiger partial charge in [-0.1, -0.05) is 0 Å². The number of morpholine rings is 1. The van der Waals surface area contributed by atoms with Crippen molar-refractivity contribution in [2.45, 2.75) is 17.9 Å². The van der Waals surface area contributed by atoms with E-state index in [-0.39, 0.29) is 17.8 Å². The van der Waals surface area contributed by atoms with Crippen LogP contribution in [0.1, 0.15) is 17.3 Å². The lowest BCUT2D eigenvalue weighted by molar-refractivity contribution is -0.134. The van der Waals surface area contributed by atoms with Crippen molar-refractivity contribution in [3.8, 4) is 5.75 Å². The zero-order valence-electron chi connectivity index (χ0n) is 18.7. The number of carbonyl (C=O) groups is 2. The van der Waals surface area contributed by atoms with E-state index in [2.05, 4.69) is 16.8 Å². The van der Waals surface area contributed by atoms with Crippen LogP contribution in [0.3, 0.4) is 0 Å². The average molecular weight is 448 g/mol. The molecular weight excluding hydrogens is 414 g/mol. The van der Waals surface area contributed by atoms with Crippen molar-refractivity contribution in [2.24, 2.45) is 0 Å². The van der Waals surface area contributed by atoms with Gasteiger partial charge in [-0.3, -0.25) is 14.5 Å². The van der Waals surface area contributed by atoms with E-state index in [0.29, 0.717) is 31.9 Å². The fourth-order valence-corrected chi connectivity index (χ4v) is 4.44. The largest absolute Gasteiger partial charge is 0.494 e. The number of ether oxygens (including phenoxy) is 2. The first-order valence-corrected chi connectivity index (χ1v) is 12.1. The van der Waals surface area contributed by atoms with E-state index in [1.54, 1.807) is 17.0 Å². The summed E-state index contributed by atoms with van der Waals surface area (Å²) in [4.78, 5) is 32.7. The number of benzene rings is 1. The number of nitrogens with zero attached hydrogens (tertiary/aromatic N) is 3. The lowest BCUT2D eigenvalue weighted by atomic mass is 10.1. The summed E-state index contributed by atoms with van der Waals surface area (Å²) < 4.78 is 11.4. The van der Waals surface area contributed by atoms with Crippen LogP contribution in [0.5, 0.6) is 5.75 Å². The monoisotopic (exact) mass is 447 g/mol. The highest BCUT2D eigenvalue weighted by Crippen LogP contribution is 2.26. The van der Waals surface area contributed by atoms with Crippen molar-refractivity contribution >= 4 is 23.5 Å². The van der Waals surface area contributed by atoms with Crippen LogP contribution in [-0.4, -0.2) is 105 Å². The molecule has 1 unspecified atom stereocenters. The van der Waals surface area contributed by atoms with E-state index in [9.17, 15) is 9.59 Å². The highest BCUT2D eigenvalue weighted by Gasteiger charge is 2.26. The highest BCUT2D eigenvalue weighted by molar-refractivity contribution is 7.98. The minimum atomic E-state index is -0.178. The van der Waals surface area contributed by atoms with Gasteiger partial charge in [-0.15, -0.1) is 11.8 Å². The lowest BCUT2D eigenvalue weighted by Gasteiger charge is -2.38. The Morgan fingerprint density at radius 1 is 1.19 bits per heavy atom. The van der Waals surface area contributed by atoms with Crippen LogP contribution < -0.4 is 4.74 Å². The van der Waals surface area contributed by atoms with Gasteiger partial charge in [-0.25, -0.2) is 0 Å².